The number of aromatic nitrogens is 1. The lowest BCUT2D eigenvalue weighted by Crippen LogP contribution is -2.42. The van der Waals surface area contributed by atoms with E-state index in [1.807, 2.05) is 66.0 Å². The lowest BCUT2D eigenvalue weighted by atomic mass is 10.0. The van der Waals surface area contributed by atoms with Crippen molar-refractivity contribution in [2.45, 2.75) is 13.0 Å². The standard InChI is InChI=1S/C26H21N3O4/c1-16(24(30)29-26(27)32)33-25(31)21-15-23(28-22-10-6-5-9-20(21)22)19-13-11-18(12-14-19)17-7-3-2-4-8-17/h2-16H,1H3,(H3,27,29,30,32). The topological polar surface area (TPSA) is 111 Å². The van der Waals surface area contributed by atoms with E-state index in [9.17, 15) is 14.4 Å². The van der Waals surface area contributed by atoms with Crippen molar-refractivity contribution in [1.82, 2.24) is 10.3 Å². The van der Waals surface area contributed by atoms with E-state index < -0.39 is 24.0 Å². The Morgan fingerprint density at radius 3 is 2.15 bits per heavy atom. The third-order valence-corrected chi connectivity index (χ3v) is 5.12. The van der Waals surface area contributed by atoms with E-state index >= 15 is 0 Å². The molecule has 1 aromatic heterocycles. The van der Waals surface area contributed by atoms with Gasteiger partial charge in [-0.15, -0.1) is 0 Å². The van der Waals surface area contributed by atoms with Gasteiger partial charge in [0, 0.05) is 10.9 Å². The minimum atomic E-state index is -1.20. The van der Waals surface area contributed by atoms with Crippen LogP contribution in [-0.2, 0) is 9.53 Å². The number of imide groups is 1. The number of hydrogen-bond acceptors (Lipinski definition) is 5. The van der Waals surface area contributed by atoms with Gasteiger partial charge < -0.3 is 10.5 Å². The number of carbonyl (C=O) groups excluding carboxylic acids is 3. The Morgan fingerprint density at radius 1 is 0.848 bits per heavy atom. The average Bonchev–Trinajstić information content (AvgIpc) is 2.83. The summed E-state index contributed by atoms with van der Waals surface area (Å²) in [5.74, 6) is -1.51. The second-order valence-corrected chi connectivity index (χ2v) is 7.42. The van der Waals surface area contributed by atoms with Crippen molar-refractivity contribution >= 4 is 28.8 Å². The minimum absolute atomic E-state index is 0.265. The van der Waals surface area contributed by atoms with E-state index in [1.54, 1.807) is 24.3 Å². The van der Waals surface area contributed by atoms with Crippen LogP contribution >= 0.6 is 0 Å². The highest BCUT2D eigenvalue weighted by molar-refractivity contribution is 6.06. The molecule has 3 amide bonds. The highest BCUT2D eigenvalue weighted by atomic mass is 16.5. The molecule has 164 valence electrons. The summed E-state index contributed by atoms with van der Waals surface area (Å²) in [6, 6.07) is 25.7. The van der Waals surface area contributed by atoms with Gasteiger partial charge in [0.25, 0.3) is 5.91 Å². The second kappa shape index (κ2) is 9.32. The Balaban J connectivity index is 1.68. The van der Waals surface area contributed by atoms with Crippen molar-refractivity contribution in [3.05, 3.63) is 90.5 Å². The molecule has 0 spiro atoms. The molecule has 3 N–H and O–H groups in total. The van der Waals surface area contributed by atoms with Gasteiger partial charge in [-0.1, -0.05) is 72.8 Å². The van der Waals surface area contributed by atoms with Crippen LogP contribution in [0, 0.1) is 0 Å². The molecule has 4 aromatic rings. The normalized spacial score (nSPS) is 11.5. The summed E-state index contributed by atoms with van der Waals surface area (Å²) in [5, 5.41) is 2.50. The third-order valence-electron chi connectivity index (χ3n) is 5.12. The van der Waals surface area contributed by atoms with Crippen LogP contribution in [0.3, 0.4) is 0 Å². The number of rotatable bonds is 5. The van der Waals surface area contributed by atoms with Gasteiger partial charge in [-0.25, -0.2) is 14.6 Å². The number of nitrogens with two attached hydrogens (primary N) is 1. The molecule has 7 nitrogen and oxygen atoms in total. The number of nitrogens with zero attached hydrogens (tertiary/aromatic N) is 1. The molecule has 0 radical (unpaired) electrons. The number of pyridine rings is 1. The molecule has 7 heteroatoms. The first-order valence-electron chi connectivity index (χ1n) is 10.3. The average molecular weight is 439 g/mol. The van der Waals surface area contributed by atoms with Crippen molar-refractivity contribution in [1.29, 1.82) is 0 Å². The quantitative estimate of drug-likeness (QED) is 0.450. The molecule has 1 heterocycles. The van der Waals surface area contributed by atoms with Gasteiger partial charge in [0.1, 0.15) is 0 Å². The molecule has 0 aliphatic rings. The zero-order valence-electron chi connectivity index (χ0n) is 17.8. The number of esters is 1. The van der Waals surface area contributed by atoms with Crippen LogP contribution in [0.15, 0.2) is 84.9 Å². The maximum atomic E-state index is 12.9. The van der Waals surface area contributed by atoms with Gasteiger partial charge in [0.15, 0.2) is 6.10 Å². The second-order valence-electron chi connectivity index (χ2n) is 7.42. The fourth-order valence-corrected chi connectivity index (χ4v) is 3.46. The first kappa shape index (κ1) is 21.7. The summed E-state index contributed by atoms with van der Waals surface area (Å²) < 4.78 is 5.29. The molecule has 0 aliphatic carbocycles. The predicted octanol–water partition coefficient (Wildman–Crippen LogP) is 4.31. The summed E-state index contributed by atoms with van der Waals surface area (Å²) in [4.78, 5) is 40.5. The molecule has 3 aromatic carbocycles. The third kappa shape index (κ3) is 4.88. The lowest BCUT2D eigenvalue weighted by molar-refractivity contribution is -0.127. The van der Waals surface area contributed by atoms with Crippen molar-refractivity contribution in [2.24, 2.45) is 5.73 Å². The zero-order valence-corrected chi connectivity index (χ0v) is 17.8. The van der Waals surface area contributed by atoms with Crippen LogP contribution in [0.2, 0.25) is 0 Å². The largest absolute Gasteiger partial charge is 0.449 e. The lowest BCUT2D eigenvalue weighted by Gasteiger charge is -2.14. The Bertz CT molecular complexity index is 1340. The smallest absolute Gasteiger partial charge is 0.339 e. The van der Waals surface area contributed by atoms with E-state index in [2.05, 4.69) is 0 Å². The molecule has 4 rings (SSSR count). The Kier molecular flexibility index (Phi) is 6.13. The number of ether oxygens (including phenoxy) is 1. The summed E-state index contributed by atoms with van der Waals surface area (Å²) >= 11 is 0. The van der Waals surface area contributed by atoms with Crippen LogP contribution in [0.5, 0.6) is 0 Å². The first-order valence-corrected chi connectivity index (χ1v) is 10.3. The maximum Gasteiger partial charge on any atom is 0.339 e. The molecular weight excluding hydrogens is 418 g/mol. The van der Waals surface area contributed by atoms with Crippen molar-refractivity contribution < 1.29 is 19.1 Å². The molecule has 0 bridgehead atoms. The SMILES string of the molecule is CC(OC(=O)c1cc(-c2ccc(-c3ccccc3)cc2)nc2ccccc12)C(=O)NC(N)=O. The van der Waals surface area contributed by atoms with E-state index in [0.29, 0.717) is 16.6 Å². The first-order chi connectivity index (χ1) is 15.9. The number of para-hydroxylation sites is 1. The number of carbonyl (C=O) groups is 3. The number of hydrogen-bond donors (Lipinski definition) is 2. The number of amides is 3. The highest BCUT2D eigenvalue weighted by Gasteiger charge is 2.22. The van der Waals surface area contributed by atoms with Crippen LogP contribution < -0.4 is 11.1 Å². The Hall–Kier alpha value is -4.52. The summed E-state index contributed by atoms with van der Waals surface area (Å²) in [6.07, 6.45) is -1.20. The van der Waals surface area contributed by atoms with E-state index in [0.717, 1.165) is 16.7 Å². The summed E-state index contributed by atoms with van der Waals surface area (Å²) in [7, 11) is 0. The Morgan fingerprint density at radius 2 is 1.45 bits per heavy atom. The van der Waals surface area contributed by atoms with Gasteiger partial charge >= 0.3 is 12.0 Å². The number of nitrogens with one attached hydrogen (secondary N) is 1. The van der Waals surface area contributed by atoms with Crippen LogP contribution in [0.4, 0.5) is 4.79 Å². The highest BCUT2D eigenvalue weighted by Crippen LogP contribution is 2.28. The van der Waals surface area contributed by atoms with E-state index in [1.165, 1.54) is 6.92 Å². The van der Waals surface area contributed by atoms with Crippen molar-refractivity contribution in [3.63, 3.8) is 0 Å². The van der Waals surface area contributed by atoms with Gasteiger partial charge in [-0.2, -0.15) is 0 Å². The molecular formula is C26H21N3O4. The van der Waals surface area contributed by atoms with E-state index in [4.69, 9.17) is 15.5 Å². The molecule has 33 heavy (non-hydrogen) atoms. The number of urea groups is 1. The summed E-state index contributed by atoms with van der Waals surface area (Å²) in [5.41, 5.74) is 9.42. The van der Waals surface area contributed by atoms with Crippen LogP contribution in [-0.4, -0.2) is 29.0 Å². The summed E-state index contributed by atoms with van der Waals surface area (Å²) in [6.45, 7) is 1.36. The monoisotopic (exact) mass is 439 g/mol. The minimum Gasteiger partial charge on any atom is -0.449 e. The van der Waals surface area contributed by atoms with Gasteiger partial charge in [-0.3, -0.25) is 10.1 Å². The fourth-order valence-electron chi connectivity index (χ4n) is 3.46. The fraction of sp³-hybridized carbons (Fsp3) is 0.0769. The van der Waals surface area contributed by atoms with Gasteiger partial charge in [0.05, 0.1) is 16.8 Å². The van der Waals surface area contributed by atoms with E-state index in [-0.39, 0.29) is 5.56 Å². The van der Waals surface area contributed by atoms with Crippen molar-refractivity contribution in [2.75, 3.05) is 0 Å². The molecule has 1 unspecified atom stereocenters. The van der Waals surface area contributed by atoms with Gasteiger partial charge in [0.2, 0.25) is 0 Å². The van der Waals surface area contributed by atoms with Crippen LogP contribution in [0.25, 0.3) is 33.3 Å². The number of primary amides is 1. The molecule has 0 aliphatic heterocycles. The number of fused-ring (bicyclic) bond motifs is 1. The molecule has 0 saturated carbocycles. The van der Waals surface area contributed by atoms with Crippen molar-refractivity contribution in [3.8, 4) is 22.4 Å². The molecule has 0 fully saturated rings. The predicted molar refractivity (Wildman–Crippen MR) is 125 cm³/mol. The molecule has 0 saturated heterocycles. The Labute approximate surface area is 190 Å². The molecule has 1 atom stereocenters. The number of benzene rings is 3. The van der Waals surface area contributed by atoms with Gasteiger partial charge in [-0.05, 0) is 30.2 Å². The zero-order chi connectivity index (χ0) is 23.4. The van der Waals surface area contributed by atoms with Crippen LogP contribution in [0.1, 0.15) is 17.3 Å². The maximum absolute atomic E-state index is 12.9.